The fourth-order valence-corrected chi connectivity index (χ4v) is 5.53. The Bertz CT molecular complexity index is 1750. The van der Waals surface area contributed by atoms with Crippen LogP contribution in [0, 0.1) is 20.8 Å². The van der Waals surface area contributed by atoms with Gasteiger partial charge in [-0.2, -0.15) is 0 Å². The van der Waals surface area contributed by atoms with E-state index in [1.165, 1.54) is 50.1 Å². The molecule has 6 rings (SSSR count). The molecule has 0 saturated heterocycles. The molecule has 0 bridgehead atoms. The summed E-state index contributed by atoms with van der Waals surface area (Å²) >= 11 is 0. The van der Waals surface area contributed by atoms with Crippen LogP contribution in [0.3, 0.4) is 0 Å². The van der Waals surface area contributed by atoms with E-state index in [1.807, 2.05) is 0 Å². The molecule has 0 fully saturated rings. The van der Waals surface area contributed by atoms with Crippen LogP contribution in [-0.2, 0) is 0 Å². The minimum Gasteiger partial charge on any atom is -0.311 e. The fourth-order valence-electron chi connectivity index (χ4n) is 5.53. The second-order valence-corrected chi connectivity index (χ2v) is 11.7. The predicted molar refractivity (Wildman–Crippen MR) is 201 cm³/mol. The van der Waals surface area contributed by atoms with Crippen LogP contribution in [0.5, 0.6) is 0 Å². The van der Waals surface area contributed by atoms with Gasteiger partial charge in [0.15, 0.2) is 0 Å². The van der Waals surface area contributed by atoms with E-state index in [1.54, 1.807) is 0 Å². The van der Waals surface area contributed by atoms with Crippen molar-refractivity contribution in [2.24, 2.45) is 0 Å². The summed E-state index contributed by atoms with van der Waals surface area (Å²) in [6.07, 6.45) is 13.1. The van der Waals surface area contributed by atoms with Crippen molar-refractivity contribution < 1.29 is 0 Å². The summed E-state index contributed by atoms with van der Waals surface area (Å²) in [6.45, 7) is 6.44. The molecule has 0 aliphatic carbocycles. The topological polar surface area (TPSA) is 3.24 Å². The lowest BCUT2D eigenvalue weighted by Crippen LogP contribution is -2.09. The maximum Gasteiger partial charge on any atom is 0.0462 e. The van der Waals surface area contributed by atoms with Crippen molar-refractivity contribution in [2.75, 3.05) is 4.90 Å². The average molecular weight is 594 g/mol. The van der Waals surface area contributed by atoms with E-state index in [-0.39, 0.29) is 0 Å². The molecule has 0 atom stereocenters. The first-order valence-corrected chi connectivity index (χ1v) is 15.8. The third-order valence-electron chi connectivity index (χ3n) is 8.39. The standard InChI is InChI=1S/C45H39N/c1-34-10-4-7-13-40(34)25-16-37-19-28-43(29-20-37)46(44-30-21-38(22-31-44)17-26-41-14-8-5-11-35(41)2)45-32-23-39(24-33-45)18-27-42-15-9-6-12-36(42)3/h4-33H,1-3H3. The van der Waals surface area contributed by atoms with Gasteiger partial charge in [0.25, 0.3) is 0 Å². The molecule has 0 aromatic heterocycles. The van der Waals surface area contributed by atoms with Crippen molar-refractivity contribution >= 4 is 53.5 Å². The molecule has 1 nitrogen and oxygen atoms in total. The van der Waals surface area contributed by atoms with Gasteiger partial charge < -0.3 is 4.90 Å². The number of benzene rings is 6. The van der Waals surface area contributed by atoms with Gasteiger partial charge in [0, 0.05) is 17.1 Å². The van der Waals surface area contributed by atoms with E-state index >= 15 is 0 Å². The van der Waals surface area contributed by atoms with E-state index in [0.717, 1.165) is 17.1 Å². The second kappa shape index (κ2) is 14.4. The van der Waals surface area contributed by atoms with Crippen LogP contribution >= 0.6 is 0 Å². The van der Waals surface area contributed by atoms with Crippen LogP contribution in [0.2, 0.25) is 0 Å². The molecule has 0 radical (unpaired) electrons. The SMILES string of the molecule is Cc1ccccc1C=Cc1ccc(N(c2ccc(C=Cc3ccccc3C)cc2)c2ccc(C=Cc3ccccc3C)cc2)cc1. The molecule has 0 saturated carbocycles. The highest BCUT2D eigenvalue weighted by Crippen LogP contribution is 2.35. The Hall–Kier alpha value is -5.66. The van der Waals surface area contributed by atoms with Crippen molar-refractivity contribution in [3.8, 4) is 0 Å². The van der Waals surface area contributed by atoms with Gasteiger partial charge in [-0.3, -0.25) is 0 Å². The van der Waals surface area contributed by atoms with Crippen molar-refractivity contribution in [3.63, 3.8) is 0 Å². The number of hydrogen-bond acceptors (Lipinski definition) is 1. The zero-order valence-electron chi connectivity index (χ0n) is 26.8. The van der Waals surface area contributed by atoms with Gasteiger partial charge in [0.05, 0.1) is 0 Å². The summed E-state index contributed by atoms with van der Waals surface area (Å²) in [5, 5.41) is 0. The van der Waals surface area contributed by atoms with Crippen LogP contribution in [-0.4, -0.2) is 0 Å². The van der Waals surface area contributed by atoms with Crippen LogP contribution in [0.15, 0.2) is 146 Å². The molecule has 0 heterocycles. The van der Waals surface area contributed by atoms with Gasteiger partial charge in [0.2, 0.25) is 0 Å². The number of rotatable bonds is 9. The highest BCUT2D eigenvalue weighted by Gasteiger charge is 2.12. The van der Waals surface area contributed by atoms with Crippen LogP contribution < -0.4 is 4.90 Å². The first-order valence-electron chi connectivity index (χ1n) is 15.8. The van der Waals surface area contributed by atoms with E-state index in [4.69, 9.17) is 0 Å². The lowest BCUT2D eigenvalue weighted by Gasteiger charge is -2.26. The molecule has 0 N–H and O–H groups in total. The van der Waals surface area contributed by atoms with Gasteiger partial charge in [-0.25, -0.2) is 0 Å². The summed E-state index contributed by atoms with van der Waals surface area (Å²) in [5.74, 6) is 0. The zero-order chi connectivity index (χ0) is 31.7. The predicted octanol–water partition coefficient (Wildman–Crippen LogP) is 12.6. The summed E-state index contributed by atoms with van der Waals surface area (Å²) in [4.78, 5) is 2.32. The highest BCUT2D eigenvalue weighted by atomic mass is 15.1. The van der Waals surface area contributed by atoms with Crippen LogP contribution in [0.1, 0.15) is 50.1 Å². The van der Waals surface area contributed by atoms with Gasteiger partial charge in [-0.05, 0) is 107 Å². The largest absolute Gasteiger partial charge is 0.311 e. The Kier molecular flexibility index (Phi) is 9.52. The van der Waals surface area contributed by atoms with E-state index in [9.17, 15) is 0 Å². The van der Waals surface area contributed by atoms with E-state index < -0.39 is 0 Å². The molecule has 224 valence electrons. The smallest absolute Gasteiger partial charge is 0.0462 e. The molecular formula is C45H39N. The quantitative estimate of drug-likeness (QED) is 0.151. The number of hydrogen-bond donors (Lipinski definition) is 0. The molecular weight excluding hydrogens is 555 g/mol. The molecule has 0 aliphatic heterocycles. The zero-order valence-corrected chi connectivity index (χ0v) is 26.8. The third-order valence-corrected chi connectivity index (χ3v) is 8.39. The van der Waals surface area contributed by atoms with E-state index in [2.05, 4.69) is 208 Å². The van der Waals surface area contributed by atoms with Gasteiger partial charge in [-0.1, -0.05) is 146 Å². The molecule has 6 aromatic rings. The Morgan fingerprint density at radius 2 is 0.565 bits per heavy atom. The van der Waals surface area contributed by atoms with Crippen LogP contribution in [0.25, 0.3) is 36.5 Å². The molecule has 46 heavy (non-hydrogen) atoms. The third kappa shape index (κ3) is 7.52. The Balaban J connectivity index is 1.29. The van der Waals surface area contributed by atoms with Crippen molar-refractivity contribution in [2.45, 2.75) is 20.8 Å². The molecule has 0 amide bonds. The Labute approximate surface area is 274 Å². The minimum atomic E-state index is 1.11. The Morgan fingerprint density at radius 1 is 0.304 bits per heavy atom. The minimum absolute atomic E-state index is 1.11. The molecule has 0 aliphatic rings. The average Bonchev–Trinajstić information content (AvgIpc) is 3.09. The summed E-state index contributed by atoms with van der Waals surface area (Å²) in [6, 6.07) is 51.8. The number of anilines is 3. The van der Waals surface area contributed by atoms with Crippen LogP contribution in [0.4, 0.5) is 17.1 Å². The highest BCUT2D eigenvalue weighted by molar-refractivity contribution is 5.81. The maximum absolute atomic E-state index is 2.32. The maximum atomic E-state index is 2.32. The number of aryl methyl sites for hydroxylation is 3. The lowest BCUT2D eigenvalue weighted by molar-refractivity contribution is 1.28. The first-order chi connectivity index (χ1) is 22.5. The fraction of sp³-hybridized carbons (Fsp3) is 0.0667. The summed E-state index contributed by atoms with van der Waals surface area (Å²) < 4.78 is 0. The second-order valence-electron chi connectivity index (χ2n) is 11.7. The van der Waals surface area contributed by atoms with Crippen molar-refractivity contribution in [1.29, 1.82) is 0 Å². The van der Waals surface area contributed by atoms with Gasteiger partial charge in [-0.15, -0.1) is 0 Å². The monoisotopic (exact) mass is 593 g/mol. The first kappa shape index (κ1) is 30.4. The van der Waals surface area contributed by atoms with Crippen molar-refractivity contribution in [3.05, 3.63) is 196 Å². The molecule has 6 aromatic carbocycles. The summed E-state index contributed by atoms with van der Waals surface area (Å²) in [7, 11) is 0. The number of nitrogens with zero attached hydrogens (tertiary/aromatic N) is 1. The lowest BCUT2D eigenvalue weighted by atomic mass is 10.1. The van der Waals surface area contributed by atoms with Gasteiger partial charge in [0.1, 0.15) is 0 Å². The van der Waals surface area contributed by atoms with Crippen molar-refractivity contribution in [1.82, 2.24) is 0 Å². The Morgan fingerprint density at radius 3 is 0.826 bits per heavy atom. The summed E-state index contributed by atoms with van der Waals surface area (Å²) in [5.41, 5.74) is 14.4. The molecule has 1 heteroatoms. The normalized spacial score (nSPS) is 11.5. The van der Waals surface area contributed by atoms with Gasteiger partial charge >= 0.3 is 0 Å². The molecule has 0 unspecified atom stereocenters. The molecule has 0 spiro atoms. The van der Waals surface area contributed by atoms with E-state index in [0.29, 0.717) is 0 Å².